The molecule has 8 heteroatoms. The first-order valence-corrected chi connectivity index (χ1v) is 10.8. The zero-order chi connectivity index (χ0) is 21.8. The van der Waals surface area contributed by atoms with Crippen LogP contribution < -0.4 is 15.4 Å². The number of hydrogen-bond donors (Lipinski definition) is 3. The first kappa shape index (κ1) is 21.1. The van der Waals surface area contributed by atoms with Gasteiger partial charge in [0.1, 0.15) is 5.75 Å². The van der Waals surface area contributed by atoms with Gasteiger partial charge in [0.05, 0.1) is 36.0 Å². The summed E-state index contributed by atoms with van der Waals surface area (Å²) in [6.07, 6.45) is 6.46. The van der Waals surface area contributed by atoms with Gasteiger partial charge in [0.15, 0.2) is 5.65 Å². The number of amides is 1. The lowest BCUT2D eigenvalue weighted by atomic mass is 9.92. The highest BCUT2D eigenvalue weighted by Gasteiger charge is 2.24. The van der Waals surface area contributed by atoms with Crippen molar-refractivity contribution in [3.05, 3.63) is 47.8 Å². The highest BCUT2D eigenvalue weighted by molar-refractivity contribution is 6.06. The fraction of sp³-hybridized carbons (Fsp3) is 0.435. The highest BCUT2D eigenvalue weighted by Crippen LogP contribution is 2.30. The van der Waals surface area contributed by atoms with Gasteiger partial charge in [-0.1, -0.05) is 12.1 Å². The average Bonchev–Trinajstić information content (AvgIpc) is 3.22. The minimum atomic E-state index is -0.311. The van der Waals surface area contributed by atoms with Gasteiger partial charge in [0.25, 0.3) is 5.91 Å². The lowest BCUT2D eigenvalue weighted by molar-refractivity contribution is 0.0951. The molecule has 2 heterocycles. The Bertz CT molecular complexity index is 1050. The second kappa shape index (κ2) is 9.34. The second-order valence-electron chi connectivity index (χ2n) is 7.94. The molecule has 164 valence electrons. The van der Waals surface area contributed by atoms with E-state index in [4.69, 9.17) is 4.74 Å². The lowest BCUT2D eigenvalue weighted by Crippen LogP contribution is -2.31. The van der Waals surface area contributed by atoms with Crippen molar-refractivity contribution >= 4 is 22.6 Å². The molecular formula is C23H29N5O3. The largest absolute Gasteiger partial charge is 0.497 e. The molecule has 0 spiro atoms. The van der Waals surface area contributed by atoms with Gasteiger partial charge in [-0.25, -0.2) is 9.67 Å². The van der Waals surface area contributed by atoms with E-state index in [1.54, 1.807) is 19.5 Å². The summed E-state index contributed by atoms with van der Waals surface area (Å²) in [4.78, 5) is 17.6. The van der Waals surface area contributed by atoms with E-state index in [1.165, 1.54) is 0 Å². The number of methoxy groups -OCH3 is 1. The average molecular weight is 424 g/mol. The van der Waals surface area contributed by atoms with Gasteiger partial charge in [-0.15, -0.1) is 0 Å². The van der Waals surface area contributed by atoms with E-state index in [0.717, 1.165) is 47.3 Å². The number of rotatable bonds is 7. The van der Waals surface area contributed by atoms with E-state index in [9.17, 15) is 9.90 Å². The number of anilines is 1. The minimum absolute atomic E-state index is 0.104. The fourth-order valence-electron chi connectivity index (χ4n) is 4.11. The summed E-state index contributed by atoms with van der Waals surface area (Å²) in [5, 5.41) is 21.8. The number of benzene rings is 1. The maximum Gasteiger partial charge on any atom is 0.255 e. The SMILES string of the molecule is CCn1ncc2c(N[C@@H]3CCC[C@H](O)C3)c(C(=O)NCc3ccc(OC)cc3)cnc21. The zero-order valence-electron chi connectivity index (χ0n) is 18.0. The van der Waals surface area contributed by atoms with E-state index < -0.39 is 0 Å². The van der Waals surface area contributed by atoms with Crippen molar-refractivity contribution in [2.24, 2.45) is 0 Å². The standard InChI is InChI=1S/C23H29N5O3/c1-3-28-22-19(14-26-28)21(27-16-5-4-6-17(29)11-16)20(13-24-22)23(30)25-12-15-7-9-18(31-2)10-8-15/h7-10,13-14,16-17,29H,3-6,11-12H2,1-2H3,(H,24,27)(H,25,30)/t16-,17+/m1/s1. The van der Waals surface area contributed by atoms with Gasteiger partial charge in [-0.3, -0.25) is 4.79 Å². The van der Waals surface area contributed by atoms with E-state index in [0.29, 0.717) is 25.1 Å². The molecule has 2 aromatic heterocycles. The van der Waals surface area contributed by atoms with Crippen molar-refractivity contribution in [2.75, 3.05) is 12.4 Å². The molecule has 2 atom stereocenters. The Hall–Kier alpha value is -3.13. The topological polar surface area (TPSA) is 101 Å². The molecule has 1 saturated carbocycles. The molecule has 0 bridgehead atoms. The summed E-state index contributed by atoms with van der Waals surface area (Å²) in [6.45, 7) is 3.10. The number of fused-ring (bicyclic) bond motifs is 1. The molecule has 4 rings (SSSR count). The Labute approximate surface area is 181 Å². The van der Waals surface area contributed by atoms with E-state index in [1.807, 2.05) is 35.9 Å². The molecule has 1 fully saturated rings. The molecule has 1 aliphatic rings. The van der Waals surface area contributed by atoms with Crippen LogP contribution in [0.1, 0.15) is 48.5 Å². The molecule has 1 amide bonds. The molecule has 1 aliphatic carbocycles. The molecule has 3 aromatic rings. The molecule has 0 radical (unpaired) electrons. The maximum absolute atomic E-state index is 13.1. The van der Waals surface area contributed by atoms with Crippen molar-refractivity contribution in [3.8, 4) is 5.75 Å². The Morgan fingerprint density at radius 2 is 2.06 bits per heavy atom. The molecule has 1 aromatic carbocycles. The van der Waals surface area contributed by atoms with Crippen LogP contribution in [-0.2, 0) is 13.1 Å². The molecule has 0 unspecified atom stereocenters. The van der Waals surface area contributed by atoms with Gasteiger partial charge in [0, 0.05) is 25.3 Å². The number of aryl methyl sites for hydroxylation is 1. The third kappa shape index (κ3) is 4.64. The van der Waals surface area contributed by atoms with E-state index in [-0.39, 0.29) is 18.1 Å². The Morgan fingerprint density at radius 1 is 1.26 bits per heavy atom. The van der Waals surface area contributed by atoms with Crippen molar-refractivity contribution in [1.29, 1.82) is 0 Å². The van der Waals surface area contributed by atoms with Gasteiger partial charge in [0.2, 0.25) is 0 Å². The molecular weight excluding hydrogens is 394 g/mol. The highest BCUT2D eigenvalue weighted by atomic mass is 16.5. The van der Waals surface area contributed by atoms with Crippen LogP contribution in [0.25, 0.3) is 11.0 Å². The van der Waals surface area contributed by atoms with Crippen LogP contribution in [0, 0.1) is 0 Å². The monoisotopic (exact) mass is 423 g/mol. The number of carbonyl (C=O) groups is 1. The van der Waals surface area contributed by atoms with Crippen LogP contribution in [-0.4, -0.2) is 45.0 Å². The van der Waals surface area contributed by atoms with Crippen LogP contribution in [0.2, 0.25) is 0 Å². The normalized spacial score (nSPS) is 18.7. The predicted molar refractivity (Wildman–Crippen MR) is 119 cm³/mol. The second-order valence-corrected chi connectivity index (χ2v) is 7.94. The third-order valence-corrected chi connectivity index (χ3v) is 5.82. The number of aliphatic hydroxyl groups excluding tert-OH is 1. The summed E-state index contributed by atoms with van der Waals surface area (Å²) in [5.41, 5.74) is 2.94. The molecule has 8 nitrogen and oxygen atoms in total. The summed E-state index contributed by atoms with van der Waals surface area (Å²) < 4.78 is 7.00. The minimum Gasteiger partial charge on any atom is -0.497 e. The van der Waals surface area contributed by atoms with Crippen molar-refractivity contribution < 1.29 is 14.6 Å². The Morgan fingerprint density at radius 3 is 2.77 bits per heavy atom. The number of nitrogens with one attached hydrogen (secondary N) is 2. The van der Waals surface area contributed by atoms with Crippen LogP contribution in [0.15, 0.2) is 36.7 Å². The predicted octanol–water partition coefficient (Wildman–Crippen LogP) is 3.11. The van der Waals surface area contributed by atoms with Crippen molar-refractivity contribution in [3.63, 3.8) is 0 Å². The van der Waals surface area contributed by atoms with Crippen molar-refractivity contribution in [2.45, 2.75) is 57.8 Å². The smallest absolute Gasteiger partial charge is 0.255 e. The number of pyridine rings is 1. The first-order valence-electron chi connectivity index (χ1n) is 10.8. The van der Waals surface area contributed by atoms with Crippen molar-refractivity contribution in [1.82, 2.24) is 20.1 Å². The maximum atomic E-state index is 13.1. The first-order chi connectivity index (χ1) is 15.1. The number of aromatic nitrogens is 3. The summed E-state index contributed by atoms with van der Waals surface area (Å²) >= 11 is 0. The molecule has 0 aliphatic heterocycles. The Kier molecular flexibility index (Phi) is 6.36. The summed E-state index contributed by atoms with van der Waals surface area (Å²) in [6, 6.07) is 7.70. The number of ether oxygens (including phenoxy) is 1. The quantitative estimate of drug-likeness (QED) is 0.540. The van der Waals surface area contributed by atoms with Crippen LogP contribution in [0.4, 0.5) is 5.69 Å². The van der Waals surface area contributed by atoms with E-state index in [2.05, 4.69) is 20.7 Å². The zero-order valence-corrected chi connectivity index (χ0v) is 18.0. The number of nitrogens with zero attached hydrogens (tertiary/aromatic N) is 3. The van der Waals surface area contributed by atoms with Gasteiger partial charge in [-0.05, 0) is 50.3 Å². The number of aliphatic hydroxyl groups is 1. The lowest BCUT2D eigenvalue weighted by Gasteiger charge is -2.28. The molecule has 0 saturated heterocycles. The van der Waals surface area contributed by atoms with Gasteiger partial charge >= 0.3 is 0 Å². The van der Waals surface area contributed by atoms with Gasteiger partial charge in [-0.2, -0.15) is 5.10 Å². The summed E-state index contributed by atoms with van der Waals surface area (Å²) in [5.74, 6) is 0.576. The van der Waals surface area contributed by atoms with Crippen LogP contribution >= 0.6 is 0 Å². The van der Waals surface area contributed by atoms with Crippen LogP contribution in [0.5, 0.6) is 5.75 Å². The van der Waals surface area contributed by atoms with Gasteiger partial charge < -0.3 is 20.5 Å². The summed E-state index contributed by atoms with van der Waals surface area (Å²) in [7, 11) is 1.63. The number of carbonyl (C=O) groups excluding carboxylic acids is 1. The molecule has 31 heavy (non-hydrogen) atoms. The Balaban J connectivity index is 1.59. The van der Waals surface area contributed by atoms with Crippen LogP contribution in [0.3, 0.4) is 0 Å². The van der Waals surface area contributed by atoms with E-state index >= 15 is 0 Å². The number of hydrogen-bond acceptors (Lipinski definition) is 6. The third-order valence-electron chi connectivity index (χ3n) is 5.82. The fourth-order valence-corrected chi connectivity index (χ4v) is 4.11. The molecule has 3 N–H and O–H groups in total.